The van der Waals surface area contributed by atoms with Crippen molar-refractivity contribution in [1.82, 2.24) is 15.0 Å². The maximum atomic E-state index is 5.16. The molecule has 1 aliphatic heterocycles. The van der Waals surface area contributed by atoms with E-state index < -0.39 is 5.41 Å². The van der Waals surface area contributed by atoms with Gasteiger partial charge in [0.1, 0.15) is 0 Å². The highest BCUT2D eigenvalue weighted by atomic mass is 32.1. The number of benzene rings is 9. The van der Waals surface area contributed by atoms with Crippen LogP contribution >= 0.6 is 11.3 Å². The van der Waals surface area contributed by atoms with Gasteiger partial charge in [0.05, 0.1) is 16.8 Å². The number of rotatable bonds is 5. The summed E-state index contributed by atoms with van der Waals surface area (Å²) in [6.07, 6.45) is 0. The number of thiophene rings is 1. The molecule has 0 amide bonds. The van der Waals surface area contributed by atoms with Gasteiger partial charge < -0.3 is 4.90 Å². The van der Waals surface area contributed by atoms with Crippen molar-refractivity contribution in [2.45, 2.75) is 5.41 Å². The van der Waals surface area contributed by atoms with Crippen LogP contribution in [-0.4, -0.2) is 15.0 Å². The maximum Gasteiger partial charge on any atom is 0.164 e. The van der Waals surface area contributed by atoms with Gasteiger partial charge in [0, 0.05) is 42.6 Å². The van der Waals surface area contributed by atoms with E-state index in [9.17, 15) is 0 Å². The monoisotopic (exact) mass is 820 g/mol. The second kappa shape index (κ2) is 14.0. The number of anilines is 3. The Morgan fingerprint density at radius 2 is 0.857 bits per heavy atom. The second-order valence-electron chi connectivity index (χ2n) is 16.3. The molecule has 1 aliphatic carbocycles. The highest BCUT2D eigenvalue weighted by Gasteiger charge is 2.52. The average molecular weight is 821 g/mol. The molecule has 1 spiro atoms. The molecular formula is C58H36N4S. The van der Waals surface area contributed by atoms with Gasteiger partial charge in [0.2, 0.25) is 0 Å². The molecule has 0 N–H and O–H groups in total. The minimum atomic E-state index is -0.520. The lowest BCUT2D eigenvalue weighted by atomic mass is 9.64. The zero-order chi connectivity index (χ0) is 41.5. The molecule has 0 saturated heterocycles. The van der Waals surface area contributed by atoms with Crippen LogP contribution in [0, 0.1) is 0 Å². The molecule has 11 aromatic rings. The first kappa shape index (κ1) is 35.7. The summed E-state index contributed by atoms with van der Waals surface area (Å²) in [4.78, 5) is 17.7. The van der Waals surface area contributed by atoms with E-state index in [2.05, 4.69) is 205 Å². The smallest absolute Gasteiger partial charge is 0.164 e. The van der Waals surface area contributed by atoms with Gasteiger partial charge in [-0.2, -0.15) is 0 Å². The molecule has 294 valence electrons. The predicted molar refractivity (Wildman–Crippen MR) is 260 cm³/mol. The molecule has 0 unspecified atom stereocenters. The summed E-state index contributed by atoms with van der Waals surface area (Å²) in [5.74, 6) is 1.95. The van der Waals surface area contributed by atoms with Crippen LogP contribution < -0.4 is 4.90 Å². The lowest BCUT2D eigenvalue weighted by molar-refractivity contribution is 0.753. The summed E-state index contributed by atoms with van der Waals surface area (Å²) in [7, 11) is 0. The zero-order valence-corrected chi connectivity index (χ0v) is 34.8. The number of nitrogens with zero attached hydrogens (tertiary/aromatic N) is 4. The fraction of sp³-hybridized carbons (Fsp3) is 0.0172. The van der Waals surface area contributed by atoms with Crippen molar-refractivity contribution in [3.8, 4) is 56.4 Å². The lowest BCUT2D eigenvalue weighted by Gasteiger charge is -2.45. The molecule has 0 saturated carbocycles. The van der Waals surface area contributed by atoms with Crippen molar-refractivity contribution in [1.29, 1.82) is 0 Å². The minimum Gasteiger partial charge on any atom is -0.310 e. The van der Waals surface area contributed by atoms with Gasteiger partial charge in [0.15, 0.2) is 17.5 Å². The van der Waals surface area contributed by atoms with Crippen LogP contribution in [-0.2, 0) is 5.41 Å². The number of hydrogen-bond donors (Lipinski definition) is 0. The number of aromatic nitrogens is 3. The summed E-state index contributed by atoms with van der Waals surface area (Å²) in [6.45, 7) is 0. The molecule has 0 fully saturated rings. The Morgan fingerprint density at radius 3 is 1.59 bits per heavy atom. The van der Waals surface area contributed by atoms with Gasteiger partial charge in [-0.25, -0.2) is 15.0 Å². The minimum absolute atomic E-state index is 0.520. The Kier molecular flexibility index (Phi) is 7.96. The van der Waals surface area contributed by atoms with E-state index in [1.165, 1.54) is 70.5 Å². The number of hydrogen-bond acceptors (Lipinski definition) is 5. The molecule has 63 heavy (non-hydrogen) atoms. The van der Waals surface area contributed by atoms with Gasteiger partial charge in [-0.1, -0.05) is 182 Å². The number of fused-ring (bicyclic) bond motifs is 12. The standard InChI is InChI=1S/C58H36N4S/c1-3-16-38(17-4-1)55-59-56(61-57(60-55)40-34-35-44-43-20-8-14-29-52(43)63-53(44)36-40)39-32-30-37(31-33-39)42-22-15-26-49-54(42)45-21-7-9-23-46(45)58(49)47-24-10-12-27-50(47)62(41-18-5-2-6-19-41)51-28-13-11-25-48(51)58/h1-36H. The van der Waals surface area contributed by atoms with Crippen LogP contribution in [0.1, 0.15) is 22.3 Å². The Labute approximate surface area is 369 Å². The van der Waals surface area contributed by atoms with Crippen LogP contribution in [0.5, 0.6) is 0 Å². The van der Waals surface area contributed by atoms with Crippen LogP contribution in [0.2, 0.25) is 0 Å². The molecular weight excluding hydrogens is 785 g/mol. The Hall–Kier alpha value is -7.99. The molecule has 4 nitrogen and oxygen atoms in total. The Bertz CT molecular complexity index is 3530. The average Bonchev–Trinajstić information content (AvgIpc) is 3.88. The maximum absolute atomic E-state index is 5.16. The summed E-state index contributed by atoms with van der Waals surface area (Å²) in [6, 6.07) is 78.7. The van der Waals surface area contributed by atoms with E-state index in [1.54, 1.807) is 11.3 Å². The first-order chi connectivity index (χ1) is 31.2. The van der Waals surface area contributed by atoms with Crippen LogP contribution in [0.25, 0.3) is 76.6 Å². The largest absolute Gasteiger partial charge is 0.310 e. The molecule has 2 aromatic heterocycles. The third-order valence-electron chi connectivity index (χ3n) is 12.9. The van der Waals surface area contributed by atoms with E-state index in [4.69, 9.17) is 15.0 Å². The fourth-order valence-electron chi connectivity index (χ4n) is 10.3. The van der Waals surface area contributed by atoms with Gasteiger partial charge in [0.25, 0.3) is 0 Å². The third kappa shape index (κ3) is 5.37. The molecule has 0 bridgehead atoms. The highest BCUT2D eigenvalue weighted by molar-refractivity contribution is 7.25. The topological polar surface area (TPSA) is 41.9 Å². The van der Waals surface area contributed by atoms with Gasteiger partial charge >= 0.3 is 0 Å². The summed E-state index contributed by atoms with van der Waals surface area (Å²) in [5, 5.41) is 2.52. The number of para-hydroxylation sites is 3. The SMILES string of the molecule is c1ccc(-c2nc(-c3ccc(-c4cccc5c4-c4ccccc4C54c5ccccc5N(c5ccccc5)c5ccccc54)cc3)nc(-c3ccc4c(c3)sc3ccccc34)n2)cc1. The van der Waals surface area contributed by atoms with E-state index in [0.717, 1.165) is 27.9 Å². The van der Waals surface area contributed by atoms with Crippen molar-refractivity contribution in [3.63, 3.8) is 0 Å². The summed E-state index contributed by atoms with van der Waals surface area (Å²) in [5.41, 5.74) is 15.9. The van der Waals surface area contributed by atoms with Crippen molar-refractivity contribution < 1.29 is 0 Å². The van der Waals surface area contributed by atoms with Crippen molar-refractivity contribution in [2.75, 3.05) is 4.90 Å². The van der Waals surface area contributed by atoms with Crippen LogP contribution in [0.3, 0.4) is 0 Å². The molecule has 0 atom stereocenters. The summed E-state index contributed by atoms with van der Waals surface area (Å²) >= 11 is 1.80. The molecule has 5 heteroatoms. The molecule has 9 aromatic carbocycles. The Balaban J connectivity index is 0.957. The van der Waals surface area contributed by atoms with E-state index >= 15 is 0 Å². The van der Waals surface area contributed by atoms with Crippen molar-refractivity contribution >= 4 is 48.6 Å². The molecule has 3 heterocycles. The van der Waals surface area contributed by atoms with Crippen molar-refractivity contribution in [2.24, 2.45) is 0 Å². The fourth-order valence-corrected chi connectivity index (χ4v) is 11.4. The molecule has 2 aliphatic rings. The van der Waals surface area contributed by atoms with E-state index in [1.807, 2.05) is 18.2 Å². The first-order valence-corrected chi connectivity index (χ1v) is 22.2. The third-order valence-corrected chi connectivity index (χ3v) is 14.1. The van der Waals surface area contributed by atoms with Gasteiger partial charge in [-0.15, -0.1) is 11.3 Å². The van der Waals surface area contributed by atoms with Crippen LogP contribution in [0.15, 0.2) is 218 Å². The van der Waals surface area contributed by atoms with Gasteiger partial charge in [-0.3, -0.25) is 0 Å². The second-order valence-corrected chi connectivity index (χ2v) is 17.4. The first-order valence-electron chi connectivity index (χ1n) is 21.4. The van der Waals surface area contributed by atoms with Gasteiger partial charge in [-0.05, 0) is 80.9 Å². The normalized spacial score (nSPS) is 13.2. The van der Waals surface area contributed by atoms with Crippen LogP contribution in [0.4, 0.5) is 17.1 Å². The van der Waals surface area contributed by atoms with Crippen molar-refractivity contribution in [3.05, 3.63) is 241 Å². The summed E-state index contributed by atoms with van der Waals surface area (Å²) < 4.78 is 2.49. The molecule has 0 radical (unpaired) electrons. The lowest BCUT2D eigenvalue weighted by Crippen LogP contribution is -2.36. The molecule has 13 rings (SSSR count). The highest BCUT2D eigenvalue weighted by Crippen LogP contribution is 2.64. The predicted octanol–water partition coefficient (Wildman–Crippen LogP) is 15.1. The Morgan fingerprint density at radius 1 is 0.349 bits per heavy atom. The zero-order valence-electron chi connectivity index (χ0n) is 34.0. The quantitative estimate of drug-likeness (QED) is 0.173. The van der Waals surface area contributed by atoms with E-state index in [-0.39, 0.29) is 0 Å². The van der Waals surface area contributed by atoms with E-state index in [0.29, 0.717) is 17.5 Å².